The van der Waals surface area contributed by atoms with E-state index in [4.69, 9.17) is 80.5 Å². The third-order valence-corrected chi connectivity index (χ3v) is 21.3. The standard InChI is InChI=1S/C65H108N4O47/c1-15-33(83)40(90)42(92)59(100-15)111-51-31(68-19(5)79)56(97)102-27(13-75)48(51)109-61-45(95)54(37(87)24(10-72)103-61)114-58-32(69-20(6)80)52(112-60-43(93)41(91)34(84)16(2)101-60)49(28(14-76)107-58)110-62-44(94)53(36(86)23(9-71)104-62)113-57-30(67-18(4)78)39(89)47(26(12-74)106-57)108-63-46(96)55(38(88)25(11-73)105-63)116-65(64(98)99)7-21(81)29(66-17(3)77)50(115-65)35(85)22(82)8-70/h15-16,21-63,70-76,81-97H,7-14H2,1-6H3,(H,66,77)(H,67,78)(H,68,79)(H,69,80)(H,98,99)/t15-,16-,21-,22+,23+,24+,25+,26+,27+,28+,29+,30+,31+,32+,33+,34+,35+,36-,37-,38-,39+,40+,41+,42-,43-,44+,45+,46+,47+,48+,49+,50+,51+,52+,53-,54-,55-,56?,57-,58-,59-,60-,61-,62-,63-,65-/m0/s1. The van der Waals surface area contributed by atoms with Crippen LogP contribution < -0.4 is 21.3 Å². The van der Waals surface area contributed by atoms with Gasteiger partial charge in [-0.25, -0.2) is 4.79 Å². The van der Waals surface area contributed by atoms with E-state index in [2.05, 4.69) is 21.3 Å². The highest BCUT2D eigenvalue weighted by Gasteiger charge is 2.64. The average molecular weight is 1700 g/mol. The predicted octanol–water partition coefficient (Wildman–Crippen LogP) is -18.8. The number of carboxylic acids is 1. The first-order valence-electron chi connectivity index (χ1n) is 37.0. The monoisotopic (exact) mass is 1700 g/mol. The van der Waals surface area contributed by atoms with Crippen LogP contribution in [0.25, 0.3) is 0 Å². The van der Waals surface area contributed by atoms with Gasteiger partial charge in [0.25, 0.3) is 5.79 Å². The van der Waals surface area contributed by atoms with E-state index in [9.17, 15) is 152 Å². The fourth-order valence-corrected chi connectivity index (χ4v) is 15.2. The molecule has 9 fully saturated rings. The Labute approximate surface area is 657 Å². The molecule has 0 aromatic rings. The lowest BCUT2D eigenvalue weighted by Crippen LogP contribution is -2.72. The molecule has 9 heterocycles. The van der Waals surface area contributed by atoms with Crippen molar-refractivity contribution in [2.45, 2.75) is 330 Å². The van der Waals surface area contributed by atoms with Gasteiger partial charge in [-0.05, 0) is 13.8 Å². The SMILES string of the molecule is CC(=O)N[C@H]1[C@H](O[C@H]2[C@@H](O)[C@@H](CO)O[C@@H](O[C@H]3[C@H](O[C@@H]4O[C@@H](C)[C@@H](O)[C@@H](O)[C@@H]4O)[C@@H](NC(C)=O)[C@H](O[C@H]4[C@@H](O)[C@@H](CO)O[C@@H](O[C@H]5[C@H](O[C@@H]6O[C@@H](C)[C@@H](O)[C@@H](O)[C@@H]6O)[C@@H](NC(C)=O)C(O)O[C@@H]5CO)[C@@H]4O)O[C@@H]3CO)[C@@H]2O)O[C@H](CO)[C@@H](O[C@@H]2O[C@H](CO)[C@H](O)[C@H](O[C@]3(C(=O)O)C[C@H](O)[C@@H](NC(C)=O)[C@H]([C@H](O)[C@H](O)CO)O3)[C@H]2O)[C@@H]1O. The second-order valence-corrected chi connectivity index (χ2v) is 29.5. The number of aliphatic carboxylic acids is 1. The molecule has 9 aliphatic heterocycles. The molecule has 1 unspecified atom stereocenters. The van der Waals surface area contributed by atoms with Crippen LogP contribution in [0.4, 0.5) is 0 Å². The predicted molar refractivity (Wildman–Crippen MR) is 358 cm³/mol. The van der Waals surface area contributed by atoms with Crippen molar-refractivity contribution in [2.24, 2.45) is 0 Å². The molecule has 0 bridgehead atoms. The summed E-state index contributed by atoms with van der Waals surface area (Å²) in [4.78, 5) is 64.7. The molecule has 9 aliphatic rings. The number of hydrogen-bond donors (Lipinski definition) is 29. The van der Waals surface area contributed by atoms with E-state index in [0.717, 1.165) is 27.7 Å². The number of aliphatic hydroxyl groups is 24. The number of aliphatic hydroxyl groups excluding tert-OH is 24. The molecule has 0 spiro atoms. The molecule has 4 amide bonds. The Balaban J connectivity index is 1.00. The molecule has 0 aromatic carbocycles. The Hall–Kier alpha value is -4.29. The van der Waals surface area contributed by atoms with Crippen molar-refractivity contribution in [3.05, 3.63) is 0 Å². The lowest BCUT2D eigenvalue weighted by molar-refractivity contribution is -0.399. The highest BCUT2D eigenvalue weighted by atomic mass is 16.8. The van der Waals surface area contributed by atoms with Crippen molar-refractivity contribution in [2.75, 3.05) is 46.2 Å². The van der Waals surface area contributed by atoms with E-state index in [1.54, 1.807) is 0 Å². The molecular formula is C65H108N4O47. The van der Waals surface area contributed by atoms with Gasteiger partial charge in [-0.1, -0.05) is 0 Å². The Bertz CT molecular complexity index is 3170. The first kappa shape index (κ1) is 95.5. The van der Waals surface area contributed by atoms with Crippen LogP contribution in [0.2, 0.25) is 0 Å². The number of rotatable bonds is 30. The van der Waals surface area contributed by atoms with Crippen molar-refractivity contribution in [3.63, 3.8) is 0 Å². The van der Waals surface area contributed by atoms with Crippen molar-refractivity contribution in [1.29, 1.82) is 0 Å². The molecule has 0 saturated carbocycles. The summed E-state index contributed by atoms with van der Waals surface area (Å²) in [6.07, 6.45) is -87.2. The van der Waals surface area contributed by atoms with E-state index in [1.807, 2.05) is 0 Å². The molecule has 0 aromatic heterocycles. The number of amides is 4. The van der Waals surface area contributed by atoms with Crippen molar-refractivity contribution in [3.8, 4) is 0 Å². The van der Waals surface area contributed by atoms with Gasteiger partial charge < -0.3 is 229 Å². The van der Waals surface area contributed by atoms with Gasteiger partial charge in [-0.15, -0.1) is 0 Å². The molecule has 0 aliphatic carbocycles. The molecule has 670 valence electrons. The fraction of sp³-hybridized carbons (Fsp3) is 0.923. The van der Waals surface area contributed by atoms with Crippen LogP contribution >= 0.6 is 0 Å². The molecule has 0 radical (unpaired) electrons. The molecule has 9 rings (SSSR count). The van der Waals surface area contributed by atoms with Crippen LogP contribution in [0.3, 0.4) is 0 Å². The van der Waals surface area contributed by atoms with Crippen LogP contribution in [-0.4, -0.2) is 485 Å². The van der Waals surface area contributed by atoms with Crippen LogP contribution in [-0.2, 0) is 104 Å². The van der Waals surface area contributed by atoms with Crippen LogP contribution in [0.15, 0.2) is 0 Å². The molecule has 29 N–H and O–H groups in total. The van der Waals surface area contributed by atoms with Gasteiger partial charge in [0.2, 0.25) is 23.6 Å². The minimum absolute atomic E-state index is 0.846. The van der Waals surface area contributed by atoms with Gasteiger partial charge in [-0.2, -0.15) is 0 Å². The molecule has 51 heteroatoms. The first-order valence-corrected chi connectivity index (χ1v) is 37.0. The van der Waals surface area contributed by atoms with Crippen LogP contribution in [0.5, 0.6) is 0 Å². The van der Waals surface area contributed by atoms with Crippen LogP contribution in [0, 0.1) is 0 Å². The van der Waals surface area contributed by atoms with Gasteiger partial charge in [0, 0.05) is 34.1 Å². The van der Waals surface area contributed by atoms with Gasteiger partial charge >= 0.3 is 5.97 Å². The maximum absolute atomic E-state index is 13.6. The van der Waals surface area contributed by atoms with E-state index in [-0.39, 0.29) is 0 Å². The van der Waals surface area contributed by atoms with Crippen molar-refractivity contribution >= 4 is 29.6 Å². The summed E-state index contributed by atoms with van der Waals surface area (Å²) in [6.45, 7) is -2.09. The highest BCUT2D eigenvalue weighted by Crippen LogP contribution is 2.43. The smallest absolute Gasteiger partial charge is 0.364 e. The van der Waals surface area contributed by atoms with Crippen LogP contribution in [0.1, 0.15) is 48.0 Å². The zero-order chi connectivity index (χ0) is 85.9. The first-order chi connectivity index (χ1) is 54.6. The maximum Gasteiger partial charge on any atom is 0.364 e. The molecule has 9 saturated heterocycles. The zero-order valence-corrected chi connectivity index (χ0v) is 62.8. The Morgan fingerprint density at radius 1 is 0.353 bits per heavy atom. The topological polar surface area (TPSA) is 796 Å². The van der Waals surface area contributed by atoms with Gasteiger partial charge in [-0.3, -0.25) is 19.2 Å². The second-order valence-electron chi connectivity index (χ2n) is 29.5. The summed E-state index contributed by atoms with van der Waals surface area (Å²) in [7, 11) is 0. The third kappa shape index (κ3) is 20.6. The minimum Gasteiger partial charge on any atom is -0.477 e. The van der Waals surface area contributed by atoms with Gasteiger partial charge in [0.05, 0.1) is 70.6 Å². The second kappa shape index (κ2) is 40.8. The Morgan fingerprint density at radius 2 is 0.681 bits per heavy atom. The molecular weight excluding hydrogens is 1590 g/mol. The minimum atomic E-state index is -3.28. The summed E-state index contributed by atoms with van der Waals surface area (Å²) in [6, 6.07) is -7.58. The summed E-state index contributed by atoms with van der Waals surface area (Å²) in [5, 5.41) is 288. The fourth-order valence-electron chi connectivity index (χ4n) is 15.2. The van der Waals surface area contributed by atoms with Crippen molar-refractivity contribution < 1.29 is 232 Å². The highest BCUT2D eigenvalue weighted by molar-refractivity contribution is 5.77. The quantitative estimate of drug-likeness (QED) is 0.0318. The Kier molecular flexibility index (Phi) is 33.6. The molecule has 116 heavy (non-hydrogen) atoms. The summed E-state index contributed by atoms with van der Waals surface area (Å²) in [5.74, 6) is -9.16. The maximum atomic E-state index is 13.6. The molecule has 46 atom stereocenters. The number of carboxylic acid groups (broad SMARTS) is 1. The number of ether oxygens (including phenoxy) is 17. The lowest BCUT2D eigenvalue weighted by atomic mass is 9.88. The third-order valence-electron chi connectivity index (χ3n) is 21.3. The van der Waals surface area contributed by atoms with E-state index >= 15 is 0 Å². The lowest BCUT2D eigenvalue weighted by Gasteiger charge is -2.52. The van der Waals surface area contributed by atoms with E-state index < -0.39 is 364 Å². The summed E-state index contributed by atoms with van der Waals surface area (Å²) in [5.41, 5.74) is 0. The van der Waals surface area contributed by atoms with E-state index in [1.165, 1.54) is 13.8 Å². The average Bonchev–Trinajstić information content (AvgIpc) is 0.758. The van der Waals surface area contributed by atoms with Gasteiger partial charge in [0.1, 0.15) is 201 Å². The number of carbonyl (C=O) groups excluding carboxylic acids is 4. The number of carbonyl (C=O) groups is 5. The number of nitrogens with one attached hydrogen (secondary N) is 4. The zero-order valence-electron chi connectivity index (χ0n) is 62.8. The largest absolute Gasteiger partial charge is 0.477 e. The molecule has 51 nitrogen and oxygen atoms in total. The Morgan fingerprint density at radius 3 is 1.09 bits per heavy atom. The van der Waals surface area contributed by atoms with Crippen molar-refractivity contribution in [1.82, 2.24) is 21.3 Å². The number of hydrogen-bond acceptors (Lipinski definition) is 46. The summed E-state index contributed by atoms with van der Waals surface area (Å²) < 4.78 is 101. The van der Waals surface area contributed by atoms with E-state index in [0.29, 0.717) is 0 Å². The normalized spacial score (nSPS) is 48.2. The summed E-state index contributed by atoms with van der Waals surface area (Å²) >= 11 is 0. The van der Waals surface area contributed by atoms with Gasteiger partial charge in [0.15, 0.2) is 50.3 Å².